The highest BCUT2D eigenvalue weighted by Gasteiger charge is 2.11. The van der Waals surface area contributed by atoms with Crippen molar-refractivity contribution < 1.29 is 13.2 Å². The van der Waals surface area contributed by atoms with Crippen LogP contribution in [0.25, 0.3) is 0 Å². The minimum atomic E-state index is -3.12. The Morgan fingerprint density at radius 2 is 1.88 bits per heavy atom. The van der Waals surface area contributed by atoms with Gasteiger partial charge in [-0.05, 0) is 38.2 Å². The lowest BCUT2D eigenvalue weighted by atomic mass is 10.3. The van der Waals surface area contributed by atoms with Crippen LogP contribution in [0.3, 0.4) is 0 Å². The number of sulfone groups is 1. The van der Waals surface area contributed by atoms with Crippen molar-refractivity contribution in [2.45, 2.75) is 24.8 Å². The van der Waals surface area contributed by atoms with Gasteiger partial charge in [0.25, 0.3) is 0 Å². The molecule has 0 aliphatic heterocycles. The minimum absolute atomic E-state index is 0.0497. The van der Waals surface area contributed by atoms with Gasteiger partial charge in [0.05, 0.1) is 10.6 Å². The molecule has 0 spiro atoms. The van der Waals surface area contributed by atoms with E-state index < -0.39 is 9.84 Å². The van der Waals surface area contributed by atoms with Crippen LogP contribution in [0.15, 0.2) is 29.2 Å². The highest BCUT2D eigenvalue weighted by Crippen LogP contribution is 2.17. The molecule has 0 heterocycles. The second-order valence-electron chi connectivity index (χ2n) is 3.86. The van der Waals surface area contributed by atoms with E-state index in [2.05, 4.69) is 5.32 Å². The topological polar surface area (TPSA) is 55.4 Å². The van der Waals surface area contributed by atoms with Gasteiger partial charge in [-0.1, -0.05) is 6.92 Å². The molecule has 0 saturated heterocycles. The summed E-state index contributed by atoms with van der Waals surface area (Å²) in [5, 5.41) is 3.01. The highest BCUT2D eigenvalue weighted by molar-refractivity contribution is 7.91. The van der Waals surface area contributed by atoms with Crippen molar-refractivity contribution in [1.82, 2.24) is 5.32 Å². The van der Waals surface area contributed by atoms with E-state index in [4.69, 9.17) is 4.74 Å². The van der Waals surface area contributed by atoms with E-state index in [1.165, 1.54) is 0 Å². The molecule has 96 valence electrons. The largest absolute Gasteiger partial charge is 0.489 e. The van der Waals surface area contributed by atoms with Gasteiger partial charge >= 0.3 is 0 Å². The number of likely N-dealkylation sites (N-methyl/N-ethyl adjacent to an activating group) is 1. The Balaban J connectivity index is 2.75. The SMILES string of the molecule is CCS(=O)(=O)c1ccc(OC(C)CNC)cc1. The van der Waals surface area contributed by atoms with E-state index >= 15 is 0 Å². The molecule has 0 saturated carbocycles. The molecule has 1 unspecified atom stereocenters. The average molecular weight is 257 g/mol. The van der Waals surface area contributed by atoms with E-state index in [1.807, 2.05) is 14.0 Å². The summed E-state index contributed by atoms with van der Waals surface area (Å²) in [5.74, 6) is 0.798. The van der Waals surface area contributed by atoms with Crippen LogP contribution in [0.5, 0.6) is 5.75 Å². The predicted molar refractivity (Wildman–Crippen MR) is 68.2 cm³/mol. The van der Waals surface area contributed by atoms with Crippen molar-refractivity contribution in [2.24, 2.45) is 0 Å². The van der Waals surface area contributed by atoms with Crippen LogP contribution in [0.1, 0.15) is 13.8 Å². The zero-order chi connectivity index (χ0) is 12.9. The van der Waals surface area contributed by atoms with Gasteiger partial charge in [-0.15, -0.1) is 0 Å². The van der Waals surface area contributed by atoms with Crippen LogP contribution < -0.4 is 10.1 Å². The molecule has 1 N–H and O–H groups in total. The van der Waals surface area contributed by atoms with E-state index in [0.29, 0.717) is 10.6 Å². The van der Waals surface area contributed by atoms with Crippen LogP contribution in [-0.4, -0.2) is 33.9 Å². The van der Waals surface area contributed by atoms with Gasteiger partial charge in [0.15, 0.2) is 9.84 Å². The van der Waals surface area contributed by atoms with Crippen LogP contribution in [-0.2, 0) is 9.84 Å². The summed E-state index contributed by atoms with van der Waals surface area (Å²) in [4.78, 5) is 0.341. The Kier molecular flexibility index (Phi) is 4.96. The maximum atomic E-state index is 11.6. The normalized spacial score (nSPS) is 13.4. The molecule has 5 heteroatoms. The maximum absolute atomic E-state index is 11.6. The molecule has 17 heavy (non-hydrogen) atoms. The van der Waals surface area contributed by atoms with Crippen LogP contribution in [0, 0.1) is 0 Å². The smallest absolute Gasteiger partial charge is 0.178 e. The van der Waals surface area contributed by atoms with Gasteiger partial charge in [-0.2, -0.15) is 0 Å². The summed E-state index contributed by atoms with van der Waals surface area (Å²) in [6.45, 7) is 4.33. The molecule has 0 bridgehead atoms. The number of hydrogen-bond acceptors (Lipinski definition) is 4. The van der Waals surface area contributed by atoms with Crippen molar-refractivity contribution in [3.63, 3.8) is 0 Å². The van der Waals surface area contributed by atoms with E-state index in [1.54, 1.807) is 31.2 Å². The molecule has 0 fully saturated rings. The molecule has 1 aromatic rings. The lowest BCUT2D eigenvalue weighted by molar-refractivity contribution is 0.220. The molecule has 0 aliphatic carbocycles. The van der Waals surface area contributed by atoms with Crippen molar-refractivity contribution in [3.05, 3.63) is 24.3 Å². The molecule has 1 atom stereocenters. The number of nitrogens with one attached hydrogen (secondary N) is 1. The molecule has 1 rings (SSSR count). The Morgan fingerprint density at radius 1 is 1.29 bits per heavy atom. The molecular weight excluding hydrogens is 238 g/mol. The van der Waals surface area contributed by atoms with Gasteiger partial charge in [-0.3, -0.25) is 0 Å². The summed E-state index contributed by atoms with van der Waals surface area (Å²) in [7, 11) is -1.26. The lowest BCUT2D eigenvalue weighted by Crippen LogP contribution is -2.25. The summed E-state index contributed by atoms with van der Waals surface area (Å²) >= 11 is 0. The van der Waals surface area contributed by atoms with Gasteiger partial charge in [0, 0.05) is 6.54 Å². The lowest BCUT2D eigenvalue weighted by Gasteiger charge is -2.14. The van der Waals surface area contributed by atoms with Crippen molar-refractivity contribution >= 4 is 9.84 Å². The summed E-state index contributed by atoms with van der Waals surface area (Å²) in [6.07, 6.45) is 0.0497. The number of rotatable bonds is 6. The number of hydrogen-bond donors (Lipinski definition) is 1. The van der Waals surface area contributed by atoms with E-state index in [0.717, 1.165) is 6.54 Å². The standard InChI is InChI=1S/C12H19NO3S/c1-4-17(14,15)12-7-5-11(6-8-12)16-10(2)9-13-3/h5-8,10,13H,4,9H2,1-3H3. The van der Waals surface area contributed by atoms with Crippen molar-refractivity contribution in [3.8, 4) is 5.75 Å². The third-order valence-corrected chi connectivity index (χ3v) is 4.14. The first-order valence-corrected chi connectivity index (χ1v) is 7.29. The van der Waals surface area contributed by atoms with Gasteiger partial charge in [0.1, 0.15) is 11.9 Å². The van der Waals surface area contributed by atoms with Gasteiger partial charge in [-0.25, -0.2) is 8.42 Å². The Labute approximate surface area is 103 Å². The third-order valence-electron chi connectivity index (χ3n) is 2.39. The fourth-order valence-corrected chi connectivity index (χ4v) is 2.34. The van der Waals surface area contributed by atoms with Crippen LogP contribution >= 0.6 is 0 Å². The molecule has 4 nitrogen and oxygen atoms in total. The first-order valence-electron chi connectivity index (χ1n) is 5.63. The van der Waals surface area contributed by atoms with E-state index in [-0.39, 0.29) is 11.9 Å². The number of ether oxygens (including phenoxy) is 1. The van der Waals surface area contributed by atoms with Gasteiger partial charge in [0.2, 0.25) is 0 Å². The molecular formula is C12H19NO3S. The first-order chi connectivity index (χ1) is 7.99. The average Bonchev–Trinajstić information content (AvgIpc) is 2.30. The molecule has 0 amide bonds. The number of benzene rings is 1. The second kappa shape index (κ2) is 6.02. The quantitative estimate of drug-likeness (QED) is 0.838. The zero-order valence-electron chi connectivity index (χ0n) is 10.4. The van der Waals surface area contributed by atoms with Crippen LogP contribution in [0.4, 0.5) is 0 Å². The third kappa shape index (κ3) is 4.02. The summed E-state index contributed by atoms with van der Waals surface area (Å²) in [5.41, 5.74) is 0. The maximum Gasteiger partial charge on any atom is 0.178 e. The highest BCUT2D eigenvalue weighted by atomic mass is 32.2. The minimum Gasteiger partial charge on any atom is -0.489 e. The fourth-order valence-electron chi connectivity index (χ4n) is 1.45. The predicted octanol–water partition coefficient (Wildman–Crippen LogP) is 1.47. The fraction of sp³-hybridized carbons (Fsp3) is 0.500. The van der Waals surface area contributed by atoms with Crippen molar-refractivity contribution in [1.29, 1.82) is 0 Å². The monoisotopic (exact) mass is 257 g/mol. The van der Waals surface area contributed by atoms with Crippen LogP contribution in [0.2, 0.25) is 0 Å². The molecule has 0 radical (unpaired) electrons. The molecule has 0 aliphatic rings. The second-order valence-corrected chi connectivity index (χ2v) is 6.14. The van der Waals surface area contributed by atoms with Crippen molar-refractivity contribution in [2.75, 3.05) is 19.3 Å². The first kappa shape index (κ1) is 14.0. The summed E-state index contributed by atoms with van der Waals surface area (Å²) in [6, 6.07) is 6.55. The Bertz CT molecular complexity index is 439. The Hall–Kier alpha value is -1.07. The zero-order valence-corrected chi connectivity index (χ0v) is 11.3. The Morgan fingerprint density at radius 3 is 2.35 bits per heavy atom. The molecule has 1 aromatic carbocycles. The summed E-state index contributed by atoms with van der Waals surface area (Å²) < 4.78 is 28.8. The van der Waals surface area contributed by atoms with Gasteiger partial charge < -0.3 is 10.1 Å². The van der Waals surface area contributed by atoms with E-state index in [9.17, 15) is 8.42 Å². The molecule has 0 aromatic heterocycles.